The fourth-order valence-corrected chi connectivity index (χ4v) is 6.71. The van der Waals surface area contributed by atoms with Crippen LogP contribution in [0.25, 0.3) is 0 Å². The molecule has 0 bridgehead atoms. The van der Waals surface area contributed by atoms with Crippen molar-refractivity contribution < 1.29 is 24.5 Å². The lowest BCUT2D eigenvalue weighted by Gasteiger charge is -2.24. The Hall–Kier alpha value is -2.70. The van der Waals surface area contributed by atoms with E-state index in [1.54, 1.807) is 0 Å². The van der Waals surface area contributed by atoms with Gasteiger partial charge in [0.1, 0.15) is 6.10 Å². The van der Waals surface area contributed by atoms with Crippen LogP contribution in [0.5, 0.6) is 0 Å². The predicted octanol–water partition coefficient (Wildman–Crippen LogP) is 13.8. The van der Waals surface area contributed by atoms with Crippen molar-refractivity contribution in [2.75, 3.05) is 6.61 Å². The molecule has 0 aromatic heterocycles. The maximum Gasteiger partial charge on any atom is 0.306 e. The molecule has 328 valence electrons. The van der Waals surface area contributed by atoms with Crippen LogP contribution in [0.15, 0.2) is 72.9 Å². The molecule has 3 atom stereocenters. The maximum atomic E-state index is 13.1. The quantitative estimate of drug-likeness (QED) is 0.0325. The van der Waals surface area contributed by atoms with Gasteiger partial charge in [-0.3, -0.25) is 9.59 Å². The van der Waals surface area contributed by atoms with E-state index in [0.29, 0.717) is 19.3 Å². The minimum Gasteiger partial charge on any atom is -0.462 e. The van der Waals surface area contributed by atoms with Gasteiger partial charge < -0.3 is 20.3 Å². The summed E-state index contributed by atoms with van der Waals surface area (Å²) in [6, 6.07) is -0.719. The first-order chi connectivity index (χ1) is 28.0. The molecule has 0 heterocycles. The molecule has 3 unspecified atom stereocenters. The second-order valence-electron chi connectivity index (χ2n) is 15.8. The summed E-state index contributed by atoms with van der Waals surface area (Å²) < 4.78 is 5.86. The lowest BCUT2D eigenvalue weighted by atomic mass is 10.0. The molecule has 0 aromatic carbocycles. The average Bonchev–Trinajstić information content (AvgIpc) is 3.20. The molecule has 0 aromatic rings. The number of aliphatic hydroxyl groups is 2. The number of rotatable bonds is 41. The highest BCUT2D eigenvalue weighted by atomic mass is 16.5. The average molecular weight is 796 g/mol. The molecule has 0 saturated heterocycles. The smallest absolute Gasteiger partial charge is 0.306 e. The van der Waals surface area contributed by atoms with Crippen LogP contribution >= 0.6 is 0 Å². The molecule has 0 fully saturated rings. The Morgan fingerprint density at radius 1 is 0.526 bits per heavy atom. The van der Waals surface area contributed by atoms with Crippen molar-refractivity contribution in [3.63, 3.8) is 0 Å². The molecule has 0 aliphatic carbocycles. The van der Waals surface area contributed by atoms with Gasteiger partial charge in [-0.15, -0.1) is 0 Å². The molecule has 0 radical (unpaired) electrons. The lowest BCUT2D eigenvalue weighted by molar-refractivity contribution is -0.150. The number of ether oxygens (including phenoxy) is 1. The van der Waals surface area contributed by atoms with Crippen LogP contribution in [-0.4, -0.2) is 46.9 Å². The predicted molar refractivity (Wildman–Crippen MR) is 245 cm³/mol. The first-order valence-corrected chi connectivity index (χ1v) is 23.7. The highest BCUT2D eigenvalue weighted by Crippen LogP contribution is 2.16. The number of aliphatic hydroxyl groups excluding tert-OH is 2. The summed E-state index contributed by atoms with van der Waals surface area (Å²) in [5, 5.41) is 23.6. The van der Waals surface area contributed by atoms with Gasteiger partial charge in [-0.05, 0) is 83.5 Å². The third-order valence-corrected chi connectivity index (χ3v) is 10.3. The Balaban J connectivity index is 4.73. The zero-order valence-corrected chi connectivity index (χ0v) is 37.2. The molecular weight excluding hydrogens is 707 g/mol. The van der Waals surface area contributed by atoms with Gasteiger partial charge in [0, 0.05) is 6.42 Å². The fraction of sp³-hybridized carbons (Fsp3) is 0.725. The third-order valence-electron chi connectivity index (χ3n) is 10.3. The van der Waals surface area contributed by atoms with Crippen LogP contribution in [0, 0.1) is 0 Å². The van der Waals surface area contributed by atoms with Crippen LogP contribution < -0.4 is 5.32 Å². The molecule has 0 saturated carbocycles. The number of esters is 1. The van der Waals surface area contributed by atoms with E-state index >= 15 is 0 Å². The normalized spacial score (nSPS) is 14.0. The molecule has 6 nitrogen and oxygen atoms in total. The number of allylic oxidation sites excluding steroid dienone is 12. The van der Waals surface area contributed by atoms with Gasteiger partial charge in [0.25, 0.3) is 0 Å². The van der Waals surface area contributed by atoms with E-state index in [1.165, 1.54) is 83.5 Å². The molecule has 0 aliphatic rings. The van der Waals surface area contributed by atoms with Crippen LogP contribution in [0.4, 0.5) is 0 Å². The second kappa shape index (κ2) is 44.4. The van der Waals surface area contributed by atoms with Crippen molar-refractivity contribution in [3.05, 3.63) is 72.9 Å². The Bertz CT molecular complexity index is 1070. The van der Waals surface area contributed by atoms with Gasteiger partial charge >= 0.3 is 5.97 Å². The van der Waals surface area contributed by atoms with Crippen LogP contribution in [0.2, 0.25) is 0 Å². The van der Waals surface area contributed by atoms with Crippen molar-refractivity contribution in [1.29, 1.82) is 0 Å². The summed E-state index contributed by atoms with van der Waals surface area (Å²) in [4.78, 5) is 26.0. The van der Waals surface area contributed by atoms with Crippen molar-refractivity contribution in [2.45, 2.75) is 232 Å². The summed E-state index contributed by atoms with van der Waals surface area (Å²) in [5.41, 5.74) is 0. The van der Waals surface area contributed by atoms with E-state index in [0.717, 1.165) is 77.0 Å². The number of carbonyl (C=O) groups excluding carboxylic acids is 2. The number of hydrogen-bond acceptors (Lipinski definition) is 5. The molecule has 1 amide bonds. The van der Waals surface area contributed by atoms with Crippen molar-refractivity contribution in [3.8, 4) is 0 Å². The Morgan fingerprint density at radius 3 is 1.46 bits per heavy atom. The van der Waals surface area contributed by atoms with Gasteiger partial charge in [0.15, 0.2) is 0 Å². The van der Waals surface area contributed by atoms with Crippen LogP contribution in [-0.2, 0) is 14.3 Å². The van der Waals surface area contributed by atoms with Gasteiger partial charge in [-0.25, -0.2) is 0 Å². The number of amides is 1. The molecular formula is C51H89NO5. The molecule has 57 heavy (non-hydrogen) atoms. The van der Waals surface area contributed by atoms with Crippen molar-refractivity contribution >= 4 is 11.9 Å². The first kappa shape index (κ1) is 54.3. The summed E-state index contributed by atoms with van der Waals surface area (Å²) >= 11 is 0. The highest BCUT2D eigenvalue weighted by Gasteiger charge is 2.24. The first-order valence-electron chi connectivity index (χ1n) is 23.7. The number of carbonyl (C=O) groups is 2. The molecule has 3 N–H and O–H groups in total. The van der Waals surface area contributed by atoms with Crippen LogP contribution in [0.1, 0.15) is 213 Å². The monoisotopic (exact) mass is 796 g/mol. The van der Waals surface area contributed by atoms with Gasteiger partial charge in [-0.2, -0.15) is 0 Å². The Labute approximate surface area is 351 Å². The third kappa shape index (κ3) is 39.9. The largest absolute Gasteiger partial charge is 0.462 e. The summed E-state index contributed by atoms with van der Waals surface area (Å²) in [7, 11) is 0. The van der Waals surface area contributed by atoms with E-state index in [2.05, 4.69) is 92.9 Å². The highest BCUT2D eigenvalue weighted by molar-refractivity contribution is 5.77. The van der Waals surface area contributed by atoms with Gasteiger partial charge in [0.2, 0.25) is 5.91 Å². The summed E-state index contributed by atoms with van der Waals surface area (Å²) in [6.45, 7) is 6.30. The Morgan fingerprint density at radius 2 is 0.947 bits per heavy atom. The molecule has 0 rings (SSSR count). The molecule has 0 aliphatic heterocycles. The standard InChI is InChI=1S/C51H89NO5/c1-4-7-10-13-16-19-21-23-24-25-27-29-32-35-38-41-44-51(56)57-47(42-39-36-33-31-28-26-22-20-17-14-11-8-5-2)45-50(55)52-48(46-53)49(54)43-40-37-34-30-18-15-12-9-6-3/h7,10,16,19-20,22-24,27,29,35,38,47-49,53-54H,4-6,8-9,11-15,17-18,21,25-26,28,30-34,36-37,39-46H2,1-3H3,(H,52,55)/b10-7+,19-16+,22-20-,24-23+,29-27+,38-35+. The fourth-order valence-electron chi connectivity index (χ4n) is 6.71. The molecule has 6 heteroatoms. The number of hydrogen-bond donors (Lipinski definition) is 3. The SMILES string of the molecule is CC/C=C/C/C=C/C/C=C/C/C=C/C/C=C/CCC(=O)OC(CCCCCCC/C=C\CCCCCC)CC(=O)NC(CO)C(O)CCCCCCCCCCC. The minimum atomic E-state index is -0.802. The van der Waals surface area contributed by atoms with E-state index in [1.807, 2.05) is 6.08 Å². The minimum absolute atomic E-state index is 0.0394. The second-order valence-corrected chi connectivity index (χ2v) is 15.8. The lowest BCUT2D eigenvalue weighted by Crippen LogP contribution is -2.46. The van der Waals surface area contributed by atoms with Crippen LogP contribution in [0.3, 0.4) is 0 Å². The summed E-state index contributed by atoms with van der Waals surface area (Å²) in [6.07, 6.45) is 55.4. The van der Waals surface area contributed by atoms with Gasteiger partial charge in [0.05, 0.1) is 25.2 Å². The zero-order valence-electron chi connectivity index (χ0n) is 37.2. The number of nitrogens with one attached hydrogen (secondary N) is 1. The topological polar surface area (TPSA) is 95.9 Å². The van der Waals surface area contributed by atoms with Crippen molar-refractivity contribution in [1.82, 2.24) is 5.32 Å². The zero-order chi connectivity index (χ0) is 41.7. The van der Waals surface area contributed by atoms with E-state index in [9.17, 15) is 19.8 Å². The van der Waals surface area contributed by atoms with Gasteiger partial charge in [-0.1, -0.05) is 190 Å². The molecule has 0 spiro atoms. The number of unbranched alkanes of at least 4 members (excludes halogenated alkanes) is 17. The van der Waals surface area contributed by atoms with E-state index < -0.39 is 18.2 Å². The van der Waals surface area contributed by atoms with Crippen molar-refractivity contribution in [2.24, 2.45) is 0 Å². The maximum absolute atomic E-state index is 13.1. The summed E-state index contributed by atoms with van der Waals surface area (Å²) in [5.74, 6) is -0.587. The Kier molecular flexibility index (Phi) is 42.3. The van der Waals surface area contributed by atoms with E-state index in [4.69, 9.17) is 4.74 Å². The van der Waals surface area contributed by atoms with E-state index in [-0.39, 0.29) is 31.3 Å².